The van der Waals surface area contributed by atoms with Gasteiger partial charge in [0.15, 0.2) is 0 Å². The van der Waals surface area contributed by atoms with Crippen LogP contribution < -0.4 is 0 Å². The second-order valence-electron chi connectivity index (χ2n) is 21.3. The Morgan fingerprint density at radius 3 is 1.26 bits per heavy atom. The van der Waals surface area contributed by atoms with Crippen molar-refractivity contribution in [3.8, 4) is 46.0 Å². The molecule has 0 aliphatic rings. The van der Waals surface area contributed by atoms with Crippen LogP contribution in [0.25, 0.3) is 163 Å². The highest BCUT2D eigenvalue weighted by Crippen LogP contribution is 2.52. The number of nitriles is 2. The fraction of sp³-hybridized carbons (Fsp3) is 0. The van der Waals surface area contributed by atoms with Crippen LogP contribution in [0.2, 0.25) is 0 Å². The second-order valence-corrected chi connectivity index (χ2v) is 22.3. The molecule has 18 rings (SSSR count). The molecule has 0 fully saturated rings. The van der Waals surface area contributed by atoms with Crippen molar-refractivity contribution in [3.05, 3.63) is 254 Å². The number of furan rings is 1. The van der Waals surface area contributed by atoms with Gasteiger partial charge in [0, 0.05) is 69.3 Å². The molecular formula is C74H40N6OS. The minimum absolute atomic E-state index is 0.360. The van der Waals surface area contributed by atoms with Crippen molar-refractivity contribution in [1.82, 2.24) is 18.3 Å². The number of para-hydroxylation sites is 7. The molecule has 0 aliphatic carbocycles. The molecule has 6 aromatic heterocycles. The average molecular weight is 1060 g/mol. The molecule has 18 aromatic rings. The van der Waals surface area contributed by atoms with E-state index in [-0.39, 0.29) is 0 Å². The van der Waals surface area contributed by atoms with Crippen LogP contribution in [0, 0.1) is 22.7 Å². The van der Waals surface area contributed by atoms with E-state index in [9.17, 15) is 10.5 Å². The van der Waals surface area contributed by atoms with Gasteiger partial charge in [-0.2, -0.15) is 10.5 Å². The Labute approximate surface area is 471 Å². The number of rotatable bonds is 5. The lowest BCUT2D eigenvalue weighted by molar-refractivity contribution is 0.669. The van der Waals surface area contributed by atoms with Crippen molar-refractivity contribution in [3.63, 3.8) is 0 Å². The summed E-state index contributed by atoms with van der Waals surface area (Å²) in [5, 5.41) is 38.2. The molecule has 82 heavy (non-hydrogen) atoms. The number of aromatic nitrogens is 4. The molecule has 0 saturated heterocycles. The Balaban J connectivity index is 1.16. The minimum atomic E-state index is 0.360. The first-order valence-electron chi connectivity index (χ1n) is 27.5. The molecule has 0 spiro atoms. The van der Waals surface area contributed by atoms with Gasteiger partial charge in [-0.3, -0.25) is 0 Å². The van der Waals surface area contributed by atoms with Gasteiger partial charge in [-0.05, 0) is 71.8 Å². The summed E-state index contributed by atoms with van der Waals surface area (Å²) < 4.78 is 18.1. The maximum Gasteiger partial charge on any atom is 0.136 e. The van der Waals surface area contributed by atoms with Gasteiger partial charge in [0.2, 0.25) is 0 Å². The van der Waals surface area contributed by atoms with E-state index in [4.69, 9.17) is 4.42 Å². The van der Waals surface area contributed by atoms with Crippen molar-refractivity contribution in [2.75, 3.05) is 0 Å². The maximum absolute atomic E-state index is 12.7. The summed E-state index contributed by atoms with van der Waals surface area (Å²) in [7, 11) is 0. The number of benzene rings is 12. The summed E-state index contributed by atoms with van der Waals surface area (Å²) in [6.07, 6.45) is 0. The topological polar surface area (TPSA) is 80.4 Å². The molecule has 378 valence electrons. The van der Waals surface area contributed by atoms with Crippen LogP contribution in [0.1, 0.15) is 11.1 Å². The Kier molecular flexibility index (Phi) is 9.11. The molecule has 6 heterocycles. The highest BCUT2D eigenvalue weighted by Gasteiger charge is 2.35. The van der Waals surface area contributed by atoms with Crippen LogP contribution in [0.15, 0.2) is 247 Å². The normalized spacial score (nSPS) is 12.1. The van der Waals surface area contributed by atoms with Gasteiger partial charge in [-0.1, -0.05) is 182 Å². The maximum atomic E-state index is 12.7. The first-order chi connectivity index (χ1) is 40.7. The lowest BCUT2D eigenvalue weighted by atomic mass is 9.97. The van der Waals surface area contributed by atoms with Crippen molar-refractivity contribution < 1.29 is 4.42 Å². The molecule has 0 N–H and O–H groups in total. The first-order valence-corrected chi connectivity index (χ1v) is 28.3. The molecule has 12 aromatic carbocycles. The van der Waals surface area contributed by atoms with Crippen LogP contribution in [-0.4, -0.2) is 18.3 Å². The van der Waals surface area contributed by atoms with E-state index in [0.717, 1.165) is 130 Å². The molecule has 0 amide bonds. The van der Waals surface area contributed by atoms with Gasteiger partial charge in [0.1, 0.15) is 34.4 Å². The van der Waals surface area contributed by atoms with Crippen LogP contribution in [-0.2, 0) is 0 Å². The SMILES string of the molecule is N#Cc1c(-n2c3ccccc3c3ccccc32)c(C#N)c(-n2c3ccccc3c3ccccc32)c(-n2c3cc(-c4cccc5oc6ccccc6c45)ccc3c3ccc4c5ccccc5sc4c32)c1-n1c2ccccc2c2ccccc21. The van der Waals surface area contributed by atoms with E-state index >= 15 is 0 Å². The Morgan fingerprint density at radius 2 is 0.732 bits per heavy atom. The van der Waals surface area contributed by atoms with E-state index in [0.29, 0.717) is 33.9 Å². The highest BCUT2D eigenvalue weighted by atomic mass is 32.1. The van der Waals surface area contributed by atoms with Crippen LogP contribution in [0.4, 0.5) is 0 Å². The summed E-state index contributed by atoms with van der Waals surface area (Å²) in [4.78, 5) is 0. The summed E-state index contributed by atoms with van der Waals surface area (Å²) in [5.74, 6) is 0. The van der Waals surface area contributed by atoms with Crippen molar-refractivity contribution >= 4 is 141 Å². The quantitative estimate of drug-likeness (QED) is 0.172. The first kappa shape index (κ1) is 44.8. The molecule has 0 radical (unpaired) electrons. The standard InChI is InChI=1S/C74H40N6OS/c75-41-56-69(77-58-27-9-1-18-45(58)46-19-2-10-28-59(46)77)57(42-76)71(79-62-31-13-5-22-49(62)50-23-6-14-32-63(50)79)73(70(56)78-60-29-11-3-20-47(60)48-21-4-12-30-61(48)78)80-64-40-43(44-26-17-34-66-68(44)55-25-7-15-33-65(55)81-66)36-37-51(64)53-38-39-54-52-24-8-16-35-67(52)82-74(54)72(53)80/h1-40H. The summed E-state index contributed by atoms with van der Waals surface area (Å²) in [6, 6.07) is 91.3. The minimum Gasteiger partial charge on any atom is -0.456 e. The molecule has 0 bridgehead atoms. The number of thiophene rings is 1. The van der Waals surface area contributed by atoms with Gasteiger partial charge in [-0.25, -0.2) is 0 Å². The second kappa shape index (κ2) is 16.7. The monoisotopic (exact) mass is 1060 g/mol. The predicted octanol–water partition coefficient (Wildman–Crippen LogP) is 19.8. The average Bonchev–Trinajstić information content (AvgIpc) is 1.72. The number of nitrogens with zero attached hydrogens (tertiary/aromatic N) is 6. The third-order valence-corrected chi connectivity index (χ3v) is 18.4. The van der Waals surface area contributed by atoms with Crippen molar-refractivity contribution in [2.24, 2.45) is 0 Å². The van der Waals surface area contributed by atoms with E-state index in [2.05, 4.69) is 243 Å². The number of hydrogen-bond donors (Lipinski definition) is 0. The van der Waals surface area contributed by atoms with Crippen molar-refractivity contribution in [2.45, 2.75) is 0 Å². The van der Waals surface area contributed by atoms with E-state index < -0.39 is 0 Å². The highest BCUT2D eigenvalue weighted by molar-refractivity contribution is 7.26. The van der Waals surface area contributed by atoms with Crippen LogP contribution >= 0.6 is 11.3 Å². The molecule has 0 aliphatic heterocycles. The van der Waals surface area contributed by atoms with Gasteiger partial charge < -0.3 is 22.7 Å². The Bertz CT molecular complexity index is 5630. The molecule has 7 nitrogen and oxygen atoms in total. The molecule has 0 atom stereocenters. The van der Waals surface area contributed by atoms with Crippen LogP contribution in [0.3, 0.4) is 0 Å². The summed E-state index contributed by atoms with van der Waals surface area (Å²) in [6.45, 7) is 0. The zero-order valence-corrected chi connectivity index (χ0v) is 44.4. The molecular weight excluding hydrogens is 1020 g/mol. The van der Waals surface area contributed by atoms with Crippen LogP contribution in [0.5, 0.6) is 0 Å². The largest absolute Gasteiger partial charge is 0.456 e. The summed E-state index contributed by atoms with van der Waals surface area (Å²) in [5.41, 5.74) is 14.3. The van der Waals surface area contributed by atoms with Gasteiger partial charge in [0.05, 0.1) is 71.6 Å². The zero-order chi connectivity index (χ0) is 53.9. The molecule has 0 unspecified atom stereocenters. The lowest BCUT2D eigenvalue weighted by Crippen LogP contribution is -2.17. The van der Waals surface area contributed by atoms with Crippen molar-refractivity contribution in [1.29, 1.82) is 10.5 Å². The Morgan fingerprint density at radius 1 is 0.317 bits per heavy atom. The third-order valence-electron chi connectivity index (χ3n) is 17.2. The molecule has 8 heteroatoms. The number of hydrogen-bond acceptors (Lipinski definition) is 4. The fourth-order valence-corrected chi connectivity index (χ4v) is 15.2. The van der Waals surface area contributed by atoms with E-state index in [1.165, 1.54) is 10.1 Å². The predicted molar refractivity (Wildman–Crippen MR) is 339 cm³/mol. The van der Waals surface area contributed by atoms with Gasteiger partial charge in [-0.15, -0.1) is 11.3 Å². The zero-order valence-electron chi connectivity index (χ0n) is 43.6. The smallest absolute Gasteiger partial charge is 0.136 e. The fourth-order valence-electron chi connectivity index (χ4n) is 14.0. The van der Waals surface area contributed by atoms with E-state index in [1.807, 2.05) is 30.3 Å². The summed E-state index contributed by atoms with van der Waals surface area (Å²) >= 11 is 1.78. The number of fused-ring (bicyclic) bond motifs is 19. The third kappa shape index (κ3) is 5.84. The van der Waals surface area contributed by atoms with E-state index in [1.54, 1.807) is 11.3 Å². The Hall–Kier alpha value is -11.2. The van der Waals surface area contributed by atoms with Gasteiger partial charge >= 0.3 is 0 Å². The van der Waals surface area contributed by atoms with Gasteiger partial charge in [0.25, 0.3) is 0 Å². The lowest BCUT2D eigenvalue weighted by Gasteiger charge is -2.27. The molecule has 0 saturated carbocycles.